The van der Waals surface area contributed by atoms with E-state index in [0.717, 1.165) is 6.26 Å². The summed E-state index contributed by atoms with van der Waals surface area (Å²) in [6.07, 6.45) is 1.01. The van der Waals surface area contributed by atoms with E-state index in [2.05, 4.69) is 0 Å². The van der Waals surface area contributed by atoms with Crippen molar-refractivity contribution in [3.63, 3.8) is 0 Å². The number of hydrogen-bond donors (Lipinski definition) is 1. The maximum absolute atomic E-state index is 11.1. The van der Waals surface area contributed by atoms with Gasteiger partial charge in [0.05, 0.1) is 11.7 Å². The molecule has 1 aromatic rings. The van der Waals surface area contributed by atoms with Crippen LogP contribution in [0.4, 0.5) is 0 Å². The van der Waals surface area contributed by atoms with Crippen molar-refractivity contribution < 1.29 is 18.3 Å². The van der Waals surface area contributed by atoms with Crippen molar-refractivity contribution in [3.05, 3.63) is 34.9 Å². The molecule has 0 radical (unpaired) electrons. The molecule has 16 heavy (non-hydrogen) atoms. The van der Waals surface area contributed by atoms with Crippen LogP contribution in [0, 0.1) is 0 Å². The lowest BCUT2D eigenvalue weighted by atomic mass is 10.0. The molecule has 0 aliphatic heterocycles. The number of benzene rings is 1. The first-order valence-electron chi connectivity index (χ1n) is 4.45. The van der Waals surface area contributed by atoms with E-state index in [0.29, 0.717) is 10.6 Å². The first kappa shape index (κ1) is 13.0. The quantitative estimate of drug-likeness (QED) is 0.894. The van der Waals surface area contributed by atoms with Gasteiger partial charge >= 0.3 is 5.97 Å². The average molecular weight is 263 g/mol. The molecule has 88 valence electrons. The molecule has 1 N–H and O–H groups in total. The Kier molecular flexibility index (Phi) is 3.93. The molecule has 1 atom stereocenters. The number of rotatable bonds is 4. The van der Waals surface area contributed by atoms with Crippen LogP contribution >= 0.6 is 11.6 Å². The van der Waals surface area contributed by atoms with Crippen LogP contribution in [0.1, 0.15) is 11.5 Å². The minimum absolute atomic E-state index is 0.386. The van der Waals surface area contributed by atoms with Gasteiger partial charge in [-0.1, -0.05) is 23.7 Å². The fraction of sp³-hybridized carbons (Fsp3) is 0.300. The third-order valence-corrected chi connectivity index (χ3v) is 3.19. The Morgan fingerprint density at radius 2 is 2.12 bits per heavy atom. The van der Waals surface area contributed by atoms with E-state index in [1.165, 1.54) is 6.07 Å². The Labute approximate surface area is 98.8 Å². The van der Waals surface area contributed by atoms with Crippen molar-refractivity contribution in [1.29, 1.82) is 0 Å². The second-order valence-corrected chi connectivity index (χ2v) is 6.16. The predicted molar refractivity (Wildman–Crippen MR) is 61.5 cm³/mol. The molecule has 0 saturated carbocycles. The van der Waals surface area contributed by atoms with E-state index >= 15 is 0 Å². The molecule has 0 amide bonds. The molecule has 6 heteroatoms. The largest absolute Gasteiger partial charge is 0.481 e. The molecule has 0 fully saturated rings. The van der Waals surface area contributed by atoms with Gasteiger partial charge in [-0.05, 0) is 17.7 Å². The molecule has 0 aliphatic carbocycles. The van der Waals surface area contributed by atoms with Crippen molar-refractivity contribution >= 4 is 27.4 Å². The van der Waals surface area contributed by atoms with Crippen molar-refractivity contribution in [3.8, 4) is 0 Å². The van der Waals surface area contributed by atoms with Crippen LogP contribution in [0.2, 0.25) is 5.02 Å². The first-order chi connectivity index (χ1) is 7.29. The SMILES string of the molecule is CS(=O)(=O)CC(C(=O)O)c1cccc(Cl)c1. The van der Waals surface area contributed by atoms with Crippen molar-refractivity contribution in [2.45, 2.75) is 5.92 Å². The fourth-order valence-electron chi connectivity index (χ4n) is 1.34. The van der Waals surface area contributed by atoms with E-state index < -0.39 is 27.5 Å². The summed E-state index contributed by atoms with van der Waals surface area (Å²) < 4.78 is 22.2. The Balaban J connectivity index is 3.08. The molecule has 0 heterocycles. The monoisotopic (exact) mass is 262 g/mol. The summed E-state index contributed by atoms with van der Waals surface area (Å²) in [5.41, 5.74) is 0.394. The highest BCUT2D eigenvalue weighted by atomic mass is 35.5. The Hall–Kier alpha value is -1.07. The molecule has 0 spiro atoms. The fourth-order valence-corrected chi connectivity index (χ4v) is 2.48. The minimum Gasteiger partial charge on any atom is -0.481 e. The Bertz CT molecular complexity index is 495. The van der Waals surface area contributed by atoms with Gasteiger partial charge in [0.25, 0.3) is 0 Å². The number of sulfone groups is 1. The lowest BCUT2D eigenvalue weighted by Gasteiger charge is -2.11. The standard InChI is InChI=1S/C10H11ClO4S/c1-16(14,15)6-9(10(12)13)7-3-2-4-8(11)5-7/h2-5,9H,6H2,1H3,(H,12,13). The summed E-state index contributed by atoms with van der Waals surface area (Å²) in [6, 6.07) is 6.21. The van der Waals surface area contributed by atoms with Gasteiger partial charge in [-0.3, -0.25) is 4.79 Å². The van der Waals surface area contributed by atoms with Gasteiger partial charge in [-0.25, -0.2) is 8.42 Å². The summed E-state index contributed by atoms with van der Waals surface area (Å²) in [7, 11) is -3.35. The van der Waals surface area contributed by atoms with Gasteiger partial charge in [0.2, 0.25) is 0 Å². The number of hydrogen-bond acceptors (Lipinski definition) is 3. The van der Waals surface area contributed by atoms with Crippen molar-refractivity contribution in [2.24, 2.45) is 0 Å². The molecule has 4 nitrogen and oxygen atoms in total. The lowest BCUT2D eigenvalue weighted by molar-refractivity contribution is -0.138. The zero-order chi connectivity index (χ0) is 12.3. The average Bonchev–Trinajstić information content (AvgIpc) is 2.12. The van der Waals surface area contributed by atoms with Gasteiger partial charge in [0.15, 0.2) is 0 Å². The third kappa shape index (κ3) is 3.83. The Morgan fingerprint density at radius 3 is 2.56 bits per heavy atom. The number of aliphatic carboxylic acids is 1. The highest BCUT2D eigenvalue weighted by Gasteiger charge is 2.24. The second-order valence-electron chi connectivity index (χ2n) is 3.54. The van der Waals surface area contributed by atoms with Crippen LogP contribution in [0.3, 0.4) is 0 Å². The molecule has 0 aromatic heterocycles. The number of carboxylic acids is 1. The third-order valence-electron chi connectivity index (χ3n) is 2.02. The van der Waals surface area contributed by atoms with Gasteiger partial charge in [0.1, 0.15) is 9.84 Å². The zero-order valence-corrected chi connectivity index (χ0v) is 10.1. The van der Waals surface area contributed by atoms with Crippen LogP contribution < -0.4 is 0 Å². The summed E-state index contributed by atoms with van der Waals surface area (Å²) in [6.45, 7) is 0. The highest BCUT2D eigenvalue weighted by molar-refractivity contribution is 7.90. The molecule has 1 rings (SSSR count). The van der Waals surface area contributed by atoms with Gasteiger partial charge < -0.3 is 5.11 Å². The van der Waals surface area contributed by atoms with Crippen LogP contribution in [0.25, 0.3) is 0 Å². The van der Waals surface area contributed by atoms with E-state index in [4.69, 9.17) is 16.7 Å². The first-order valence-corrected chi connectivity index (χ1v) is 6.89. The molecule has 0 aliphatic rings. The van der Waals surface area contributed by atoms with Crippen LogP contribution in [-0.4, -0.2) is 31.5 Å². The van der Waals surface area contributed by atoms with Gasteiger partial charge in [0, 0.05) is 11.3 Å². The maximum Gasteiger partial charge on any atom is 0.312 e. The Morgan fingerprint density at radius 1 is 1.50 bits per heavy atom. The van der Waals surface area contributed by atoms with E-state index in [9.17, 15) is 13.2 Å². The molecular formula is C10H11ClO4S. The van der Waals surface area contributed by atoms with Crippen molar-refractivity contribution in [2.75, 3.05) is 12.0 Å². The normalized spacial score (nSPS) is 13.4. The second kappa shape index (κ2) is 4.84. The molecule has 1 unspecified atom stereocenters. The number of carboxylic acid groups (broad SMARTS) is 1. The number of carbonyl (C=O) groups is 1. The maximum atomic E-state index is 11.1. The van der Waals surface area contributed by atoms with Gasteiger partial charge in [-0.15, -0.1) is 0 Å². The molecular weight excluding hydrogens is 252 g/mol. The smallest absolute Gasteiger partial charge is 0.312 e. The lowest BCUT2D eigenvalue weighted by Crippen LogP contribution is -2.21. The van der Waals surface area contributed by atoms with E-state index in [1.54, 1.807) is 18.2 Å². The summed E-state index contributed by atoms with van der Waals surface area (Å²) in [5.74, 6) is -2.68. The van der Waals surface area contributed by atoms with Crippen LogP contribution in [-0.2, 0) is 14.6 Å². The summed E-state index contributed by atoms with van der Waals surface area (Å²) in [4.78, 5) is 11.0. The molecule has 1 aromatic carbocycles. The topological polar surface area (TPSA) is 71.4 Å². The zero-order valence-electron chi connectivity index (χ0n) is 8.55. The van der Waals surface area contributed by atoms with Crippen molar-refractivity contribution in [1.82, 2.24) is 0 Å². The van der Waals surface area contributed by atoms with E-state index in [1.807, 2.05) is 0 Å². The van der Waals surface area contributed by atoms with E-state index in [-0.39, 0.29) is 0 Å². The summed E-state index contributed by atoms with van der Waals surface area (Å²) in [5, 5.41) is 9.36. The summed E-state index contributed by atoms with van der Waals surface area (Å²) >= 11 is 5.72. The molecule has 0 saturated heterocycles. The number of halogens is 1. The molecule has 0 bridgehead atoms. The van der Waals surface area contributed by atoms with Gasteiger partial charge in [-0.2, -0.15) is 0 Å². The predicted octanol–water partition coefficient (Wildman–Crippen LogP) is 1.55. The van der Waals surface area contributed by atoms with Crippen LogP contribution in [0.5, 0.6) is 0 Å². The van der Waals surface area contributed by atoms with Crippen LogP contribution in [0.15, 0.2) is 24.3 Å². The highest BCUT2D eigenvalue weighted by Crippen LogP contribution is 2.21. The minimum atomic E-state index is -3.35.